The lowest BCUT2D eigenvalue weighted by atomic mass is 10.0. The minimum atomic E-state index is 0.135. The number of rotatable bonds is 4. The number of nitrogens with zero attached hydrogens (tertiary/aromatic N) is 1. The lowest BCUT2D eigenvalue weighted by molar-refractivity contribution is 0.204. The summed E-state index contributed by atoms with van der Waals surface area (Å²) < 4.78 is 5.30. The zero-order valence-corrected chi connectivity index (χ0v) is 9.60. The van der Waals surface area contributed by atoms with Crippen LogP contribution in [0.5, 0.6) is 0 Å². The molecule has 3 heteroatoms. The molecule has 2 N–H and O–H groups in total. The molecule has 0 saturated heterocycles. The maximum atomic E-state index is 5.53. The van der Waals surface area contributed by atoms with E-state index in [9.17, 15) is 0 Å². The van der Waals surface area contributed by atoms with Crippen molar-refractivity contribution < 1.29 is 4.74 Å². The molecule has 1 aliphatic heterocycles. The van der Waals surface area contributed by atoms with E-state index in [-0.39, 0.29) is 12.1 Å². The molecule has 2 rings (SSSR count). The summed E-state index contributed by atoms with van der Waals surface area (Å²) in [4.78, 5) is 4.27. The third-order valence-electron chi connectivity index (χ3n) is 2.95. The second-order valence-electron chi connectivity index (χ2n) is 4.24. The Morgan fingerprint density at radius 2 is 2.06 bits per heavy atom. The van der Waals surface area contributed by atoms with Gasteiger partial charge < -0.3 is 10.5 Å². The second-order valence-corrected chi connectivity index (χ2v) is 4.24. The van der Waals surface area contributed by atoms with Gasteiger partial charge >= 0.3 is 0 Å². The Labute approximate surface area is 96.3 Å². The van der Waals surface area contributed by atoms with E-state index in [1.165, 1.54) is 5.56 Å². The third kappa shape index (κ3) is 2.75. The van der Waals surface area contributed by atoms with Gasteiger partial charge in [-0.25, -0.2) is 4.99 Å². The molecule has 0 radical (unpaired) electrons. The summed E-state index contributed by atoms with van der Waals surface area (Å²) >= 11 is 0. The monoisotopic (exact) mass is 218 g/mol. The quantitative estimate of drug-likeness (QED) is 0.841. The van der Waals surface area contributed by atoms with Crippen LogP contribution in [0.15, 0.2) is 35.3 Å². The molecule has 1 heterocycles. The van der Waals surface area contributed by atoms with Gasteiger partial charge in [-0.1, -0.05) is 30.3 Å². The maximum Gasteiger partial charge on any atom is 0.282 e. The van der Waals surface area contributed by atoms with Crippen LogP contribution in [-0.4, -0.2) is 18.2 Å². The highest BCUT2D eigenvalue weighted by molar-refractivity contribution is 5.73. The first-order valence-electron chi connectivity index (χ1n) is 5.79. The number of aryl methyl sites for hydroxylation is 1. The Morgan fingerprint density at radius 1 is 1.31 bits per heavy atom. The largest absolute Gasteiger partial charge is 0.460 e. The molecular weight excluding hydrogens is 200 g/mol. The van der Waals surface area contributed by atoms with E-state index in [0.29, 0.717) is 6.02 Å². The highest BCUT2D eigenvalue weighted by Gasteiger charge is 2.24. The average Bonchev–Trinajstić information content (AvgIpc) is 2.59. The Bertz CT molecular complexity index is 361. The Kier molecular flexibility index (Phi) is 3.44. The summed E-state index contributed by atoms with van der Waals surface area (Å²) in [6.07, 6.45) is 3.39. The van der Waals surface area contributed by atoms with E-state index in [1.807, 2.05) is 13.0 Å². The van der Waals surface area contributed by atoms with Crippen LogP contribution in [0.1, 0.15) is 25.3 Å². The molecule has 0 aliphatic carbocycles. The van der Waals surface area contributed by atoms with E-state index in [1.54, 1.807) is 0 Å². The first-order chi connectivity index (χ1) is 7.75. The molecule has 0 spiro atoms. The van der Waals surface area contributed by atoms with Crippen molar-refractivity contribution in [3.63, 3.8) is 0 Å². The number of hydrogen-bond acceptors (Lipinski definition) is 3. The van der Waals surface area contributed by atoms with E-state index < -0.39 is 0 Å². The predicted molar refractivity (Wildman–Crippen MR) is 65.3 cm³/mol. The van der Waals surface area contributed by atoms with Crippen molar-refractivity contribution in [2.24, 2.45) is 10.7 Å². The minimum Gasteiger partial charge on any atom is -0.460 e. The van der Waals surface area contributed by atoms with Crippen LogP contribution in [0.2, 0.25) is 0 Å². The van der Waals surface area contributed by atoms with Crippen molar-refractivity contribution in [2.45, 2.75) is 38.3 Å². The van der Waals surface area contributed by atoms with Crippen LogP contribution in [0, 0.1) is 0 Å². The van der Waals surface area contributed by atoms with Crippen molar-refractivity contribution in [1.82, 2.24) is 0 Å². The molecule has 0 saturated carbocycles. The molecule has 1 aliphatic rings. The predicted octanol–water partition coefficient (Wildman–Crippen LogP) is 2.11. The molecule has 16 heavy (non-hydrogen) atoms. The number of nitrogens with two attached hydrogens (primary N) is 1. The molecule has 2 unspecified atom stereocenters. The molecule has 3 nitrogen and oxygen atoms in total. The first kappa shape index (κ1) is 11.0. The Morgan fingerprint density at radius 3 is 2.69 bits per heavy atom. The minimum absolute atomic E-state index is 0.135. The van der Waals surface area contributed by atoms with Crippen LogP contribution in [0.4, 0.5) is 0 Å². The molecule has 1 aromatic carbocycles. The van der Waals surface area contributed by atoms with Crippen LogP contribution >= 0.6 is 0 Å². The van der Waals surface area contributed by atoms with Gasteiger partial charge in [-0.3, -0.25) is 0 Å². The fourth-order valence-corrected chi connectivity index (χ4v) is 2.03. The van der Waals surface area contributed by atoms with Gasteiger partial charge in [0.2, 0.25) is 0 Å². The van der Waals surface area contributed by atoms with Crippen molar-refractivity contribution in [1.29, 1.82) is 0 Å². The summed E-state index contributed by atoms with van der Waals surface area (Å²) in [5.74, 6) is 0. The number of benzene rings is 1. The maximum absolute atomic E-state index is 5.53. The summed E-state index contributed by atoms with van der Waals surface area (Å²) in [6, 6.07) is 11.1. The average molecular weight is 218 g/mol. The molecule has 2 atom stereocenters. The number of amidine groups is 1. The van der Waals surface area contributed by atoms with Crippen molar-refractivity contribution in [3.8, 4) is 0 Å². The number of ether oxygens (including phenoxy) is 1. The Balaban J connectivity index is 1.77. The molecule has 0 bridgehead atoms. The van der Waals surface area contributed by atoms with Crippen LogP contribution in [0.3, 0.4) is 0 Å². The lowest BCUT2D eigenvalue weighted by Gasteiger charge is -2.11. The second kappa shape index (κ2) is 5.01. The van der Waals surface area contributed by atoms with Crippen LogP contribution in [0.25, 0.3) is 0 Å². The molecular formula is C13H18N2O. The van der Waals surface area contributed by atoms with Crippen LogP contribution < -0.4 is 5.73 Å². The standard InChI is InChI=1S/C13H18N2O/c1-10-12(15-13(14)16-10)9-5-8-11-6-3-2-4-7-11/h2-4,6-7,10,12H,5,8-9H2,1H3,(H2,14,15). The normalized spacial score (nSPS) is 23.9. The van der Waals surface area contributed by atoms with Crippen molar-refractivity contribution in [3.05, 3.63) is 35.9 Å². The van der Waals surface area contributed by atoms with Crippen molar-refractivity contribution >= 4 is 6.02 Å². The van der Waals surface area contributed by atoms with E-state index in [0.717, 1.165) is 19.3 Å². The fourth-order valence-electron chi connectivity index (χ4n) is 2.03. The lowest BCUT2D eigenvalue weighted by Crippen LogP contribution is -2.20. The van der Waals surface area contributed by atoms with Gasteiger partial charge in [0, 0.05) is 0 Å². The van der Waals surface area contributed by atoms with E-state index in [4.69, 9.17) is 10.5 Å². The molecule has 1 aromatic rings. The van der Waals surface area contributed by atoms with Gasteiger partial charge in [0.25, 0.3) is 6.02 Å². The molecule has 0 amide bonds. The van der Waals surface area contributed by atoms with E-state index in [2.05, 4.69) is 29.3 Å². The van der Waals surface area contributed by atoms with E-state index >= 15 is 0 Å². The highest BCUT2D eigenvalue weighted by Crippen LogP contribution is 2.17. The molecule has 86 valence electrons. The zero-order chi connectivity index (χ0) is 11.4. The summed E-state index contributed by atoms with van der Waals surface area (Å²) in [7, 11) is 0. The van der Waals surface area contributed by atoms with Gasteiger partial charge in [-0.05, 0) is 31.7 Å². The third-order valence-corrected chi connectivity index (χ3v) is 2.95. The molecule has 0 aromatic heterocycles. The van der Waals surface area contributed by atoms with Gasteiger partial charge in [0.15, 0.2) is 0 Å². The summed E-state index contributed by atoms with van der Waals surface area (Å²) in [6.45, 7) is 2.02. The van der Waals surface area contributed by atoms with Gasteiger partial charge in [-0.15, -0.1) is 0 Å². The zero-order valence-electron chi connectivity index (χ0n) is 9.60. The van der Waals surface area contributed by atoms with Gasteiger partial charge in [0.05, 0.1) is 6.04 Å². The topological polar surface area (TPSA) is 47.6 Å². The smallest absolute Gasteiger partial charge is 0.282 e. The summed E-state index contributed by atoms with van der Waals surface area (Å²) in [5.41, 5.74) is 6.91. The number of aliphatic imine (C=N–C) groups is 1. The highest BCUT2D eigenvalue weighted by atomic mass is 16.5. The van der Waals surface area contributed by atoms with Gasteiger partial charge in [0.1, 0.15) is 6.10 Å². The number of hydrogen-bond donors (Lipinski definition) is 1. The summed E-state index contributed by atoms with van der Waals surface area (Å²) in [5, 5.41) is 0. The molecule has 0 fully saturated rings. The van der Waals surface area contributed by atoms with Gasteiger partial charge in [-0.2, -0.15) is 0 Å². The Hall–Kier alpha value is -1.51. The fraction of sp³-hybridized carbons (Fsp3) is 0.462. The SMILES string of the molecule is CC1OC(N)=NC1CCCc1ccccc1. The van der Waals surface area contributed by atoms with Crippen LogP contribution in [-0.2, 0) is 11.2 Å². The first-order valence-corrected chi connectivity index (χ1v) is 5.79. The van der Waals surface area contributed by atoms with Crippen molar-refractivity contribution in [2.75, 3.05) is 0 Å².